The van der Waals surface area contributed by atoms with Gasteiger partial charge >= 0.3 is 6.18 Å². The highest BCUT2D eigenvalue weighted by Crippen LogP contribution is 2.17. The van der Waals surface area contributed by atoms with Crippen LogP contribution in [0.25, 0.3) is 0 Å². The molecular weight excluding hydrogens is 173 g/mol. The molecule has 1 aromatic heterocycles. The number of alkyl halides is 3. The highest BCUT2D eigenvalue weighted by Gasteiger charge is 2.28. The van der Waals surface area contributed by atoms with Gasteiger partial charge in [0.25, 0.3) is 0 Å². The van der Waals surface area contributed by atoms with Crippen molar-refractivity contribution in [2.24, 2.45) is 0 Å². The van der Waals surface area contributed by atoms with E-state index in [1.54, 1.807) is 0 Å². The Bertz CT molecular complexity index is 241. The smallest absolute Gasteiger partial charge is 0.396 e. The molecule has 12 heavy (non-hydrogen) atoms. The third-order valence-electron chi connectivity index (χ3n) is 0.994. The van der Waals surface area contributed by atoms with E-state index in [1.165, 1.54) is 6.20 Å². The van der Waals surface area contributed by atoms with Gasteiger partial charge < -0.3 is 11.9 Å². The third-order valence-corrected chi connectivity index (χ3v) is 0.994. The quantitative estimate of drug-likeness (QED) is 0.684. The van der Waals surface area contributed by atoms with Crippen LogP contribution in [0.1, 0.15) is 0 Å². The Kier molecular flexibility index (Phi) is 3.08. The molecule has 0 radical (unpaired) electrons. The van der Waals surface area contributed by atoms with Crippen LogP contribution in [0.4, 0.5) is 18.9 Å². The van der Waals surface area contributed by atoms with Gasteiger partial charge in [-0.1, -0.05) is 0 Å². The lowest BCUT2D eigenvalue weighted by Crippen LogP contribution is -2.17. The molecule has 0 amide bonds. The predicted octanol–water partition coefficient (Wildman–Crippen LogP) is 1.19. The molecule has 0 saturated carbocycles. The van der Waals surface area contributed by atoms with E-state index in [-0.39, 0.29) is 11.8 Å². The molecule has 0 aliphatic heterocycles. The average molecular weight is 182 g/mol. The molecule has 0 aromatic carbocycles. The zero-order valence-corrected chi connectivity index (χ0v) is 6.17. The predicted molar refractivity (Wildman–Crippen MR) is 37.7 cm³/mol. The molecule has 5 N–H and O–H groups in total. The minimum Gasteiger partial charge on any atom is -0.396 e. The van der Waals surface area contributed by atoms with Crippen molar-refractivity contribution in [2.75, 3.05) is 5.73 Å². The Morgan fingerprint density at radius 2 is 2.08 bits per heavy atom. The third kappa shape index (κ3) is 3.24. The van der Waals surface area contributed by atoms with E-state index in [9.17, 15) is 13.2 Å². The molecule has 0 fully saturated rings. The van der Waals surface area contributed by atoms with Crippen LogP contribution in [0, 0.1) is 0 Å². The molecule has 1 rings (SSSR count). The van der Waals surface area contributed by atoms with Gasteiger partial charge in [0.05, 0.1) is 11.9 Å². The van der Waals surface area contributed by atoms with Crippen molar-refractivity contribution in [3.8, 4) is 0 Å². The van der Waals surface area contributed by atoms with Crippen molar-refractivity contribution in [3.05, 3.63) is 12.4 Å². The monoisotopic (exact) mass is 182 g/mol. The highest BCUT2D eigenvalue weighted by atomic mass is 19.4. The molecule has 0 aliphatic rings. The molecule has 0 saturated heterocycles. The first-order chi connectivity index (χ1) is 4.97. The van der Waals surface area contributed by atoms with Gasteiger partial charge in [0.15, 0.2) is 0 Å². The van der Waals surface area contributed by atoms with Crippen LogP contribution in [0.2, 0.25) is 0 Å². The van der Waals surface area contributed by atoms with Gasteiger partial charge in [0.2, 0.25) is 0 Å². The number of nitrogens with zero attached hydrogens (tertiary/aromatic N) is 2. The maximum atomic E-state index is 11.6. The summed E-state index contributed by atoms with van der Waals surface area (Å²) in [6, 6.07) is 0. The van der Waals surface area contributed by atoms with Crippen LogP contribution in [-0.2, 0) is 6.54 Å². The fraction of sp³-hybridized carbons (Fsp3) is 0.400. The maximum Gasteiger partial charge on any atom is 0.408 e. The second kappa shape index (κ2) is 3.44. The zero-order valence-electron chi connectivity index (χ0n) is 6.17. The molecule has 0 atom stereocenters. The summed E-state index contributed by atoms with van der Waals surface area (Å²) in [5.41, 5.74) is 5.38. The largest absolute Gasteiger partial charge is 0.408 e. The highest BCUT2D eigenvalue weighted by molar-refractivity contribution is 5.30. The van der Waals surface area contributed by atoms with Crippen LogP contribution >= 0.6 is 0 Å². The lowest BCUT2D eigenvalue weighted by atomic mass is 10.6. The molecule has 0 bridgehead atoms. The van der Waals surface area contributed by atoms with Gasteiger partial charge in [0.1, 0.15) is 6.54 Å². The van der Waals surface area contributed by atoms with Crippen molar-refractivity contribution in [3.63, 3.8) is 0 Å². The van der Waals surface area contributed by atoms with Crippen molar-refractivity contribution in [2.45, 2.75) is 12.7 Å². The second-order valence-electron chi connectivity index (χ2n) is 2.09. The number of hydrogen-bond donors (Lipinski definition) is 2. The number of nitrogen functional groups attached to an aromatic ring is 1. The Labute approximate surface area is 66.7 Å². The van der Waals surface area contributed by atoms with E-state index in [2.05, 4.69) is 5.10 Å². The lowest BCUT2D eigenvalue weighted by molar-refractivity contribution is -0.142. The van der Waals surface area contributed by atoms with Gasteiger partial charge in [0, 0.05) is 6.20 Å². The summed E-state index contributed by atoms with van der Waals surface area (Å²) in [7, 11) is 0. The van der Waals surface area contributed by atoms with E-state index in [1.807, 2.05) is 0 Å². The number of rotatable bonds is 1. The molecule has 7 heteroatoms. The van der Waals surface area contributed by atoms with Gasteiger partial charge in [-0.15, -0.1) is 0 Å². The number of halogens is 3. The van der Waals surface area contributed by atoms with Crippen molar-refractivity contribution < 1.29 is 13.2 Å². The van der Waals surface area contributed by atoms with Gasteiger partial charge in [-0.25, -0.2) is 0 Å². The van der Waals surface area contributed by atoms with Crippen LogP contribution in [-0.4, -0.2) is 16.0 Å². The summed E-state index contributed by atoms with van der Waals surface area (Å²) in [5.74, 6) is 0. The van der Waals surface area contributed by atoms with E-state index in [4.69, 9.17) is 5.73 Å². The molecule has 70 valence electrons. The summed E-state index contributed by atoms with van der Waals surface area (Å²) in [5, 5.41) is 3.37. The Hall–Kier alpha value is -1.24. The van der Waals surface area contributed by atoms with Gasteiger partial charge in [-0.3, -0.25) is 4.68 Å². The SMILES string of the molecule is N.Nc1cnn(CC(F)(F)F)c1. The fourth-order valence-electron chi connectivity index (χ4n) is 0.650. The first kappa shape index (κ1) is 10.8. The van der Waals surface area contributed by atoms with E-state index in [0.717, 1.165) is 10.9 Å². The van der Waals surface area contributed by atoms with E-state index >= 15 is 0 Å². The number of hydrogen-bond acceptors (Lipinski definition) is 3. The number of aromatic nitrogens is 2. The summed E-state index contributed by atoms with van der Waals surface area (Å²) in [6.45, 7) is -1.09. The van der Waals surface area contributed by atoms with Crippen LogP contribution in [0.5, 0.6) is 0 Å². The van der Waals surface area contributed by atoms with E-state index < -0.39 is 12.7 Å². The molecule has 4 nitrogen and oxygen atoms in total. The summed E-state index contributed by atoms with van der Waals surface area (Å²) < 4.78 is 35.7. The number of anilines is 1. The molecule has 0 aliphatic carbocycles. The minimum absolute atomic E-state index is 0. The molecule has 1 heterocycles. The van der Waals surface area contributed by atoms with Crippen molar-refractivity contribution in [1.29, 1.82) is 0 Å². The maximum absolute atomic E-state index is 11.6. The standard InChI is InChI=1S/C5H6F3N3.H3N/c6-5(7,8)3-11-2-4(9)1-10-11;/h1-2H,3,9H2;1H3. The summed E-state index contributed by atoms with van der Waals surface area (Å²) in [4.78, 5) is 0. The fourth-order valence-corrected chi connectivity index (χ4v) is 0.650. The Morgan fingerprint density at radius 1 is 1.50 bits per heavy atom. The normalized spacial score (nSPS) is 10.9. The molecule has 0 unspecified atom stereocenters. The Balaban J connectivity index is 0.00000121. The lowest BCUT2D eigenvalue weighted by Gasteiger charge is -2.04. The summed E-state index contributed by atoms with van der Waals surface area (Å²) in [6.07, 6.45) is -1.93. The number of nitrogens with two attached hydrogens (primary N) is 1. The Morgan fingerprint density at radius 3 is 2.42 bits per heavy atom. The molecule has 0 spiro atoms. The molecule has 1 aromatic rings. The first-order valence-electron chi connectivity index (χ1n) is 2.82. The second-order valence-corrected chi connectivity index (χ2v) is 2.09. The van der Waals surface area contributed by atoms with Crippen LogP contribution in [0.3, 0.4) is 0 Å². The summed E-state index contributed by atoms with van der Waals surface area (Å²) >= 11 is 0. The van der Waals surface area contributed by atoms with Crippen LogP contribution < -0.4 is 11.9 Å². The topological polar surface area (TPSA) is 78.8 Å². The van der Waals surface area contributed by atoms with Crippen molar-refractivity contribution >= 4 is 5.69 Å². The zero-order chi connectivity index (χ0) is 8.48. The first-order valence-corrected chi connectivity index (χ1v) is 2.82. The molecular formula is C5H9F3N4. The van der Waals surface area contributed by atoms with Crippen molar-refractivity contribution in [1.82, 2.24) is 15.9 Å². The van der Waals surface area contributed by atoms with Crippen LogP contribution in [0.15, 0.2) is 12.4 Å². The van der Waals surface area contributed by atoms with Gasteiger partial charge in [-0.05, 0) is 0 Å². The average Bonchev–Trinajstić information content (AvgIpc) is 2.10. The van der Waals surface area contributed by atoms with E-state index in [0.29, 0.717) is 0 Å². The minimum atomic E-state index is -4.24. The van der Waals surface area contributed by atoms with Gasteiger partial charge in [-0.2, -0.15) is 18.3 Å².